The largest absolute Gasteiger partial charge is 0.310 e. The van der Waals surface area contributed by atoms with Gasteiger partial charge in [0.2, 0.25) is 0 Å². The van der Waals surface area contributed by atoms with Crippen LogP contribution in [-0.2, 0) is 0 Å². The Kier molecular flexibility index (Phi) is 6.89. The van der Waals surface area contributed by atoms with E-state index in [1.165, 1.54) is 76.1 Å². The molecule has 10 aromatic rings. The van der Waals surface area contributed by atoms with Gasteiger partial charge >= 0.3 is 0 Å². The molecule has 0 aliphatic carbocycles. The zero-order chi connectivity index (χ0) is 33.7. The van der Waals surface area contributed by atoms with Crippen molar-refractivity contribution in [1.29, 1.82) is 0 Å². The summed E-state index contributed by atoms with van der Waals surface area (Å²) in [4.78, 5) is 2.35. The van der Waals surface area contributed by atoms with E-state index in [4.69, 9.17) is 0 Å². The van der Waals surface area contributed by atoms with Crippen molar-refractivity contribution in [3.8, 4) is 22.3 Å². The van der Waals surface area contributed by atoms with Crippen LogP contribution < -0.4 is 4.90 Å². The standard InChI is InChI=1S/C50H33N/c1-2-14-40(15-3-1)51(41-26-21-35(22-27-41)50-33-38-12-5-7-18-44(38)46-19-8-9-20-47(46)50)42-16-10-13-36(32-42)37-24-28-45-39(31-37)25-30-48-43-17-6-4-11-34(43)23-29-49(45)48/h1-33H. The molecule has 0 aliphatic rings. The van der Waals surface area contributed by atoms with Gasteiger partial charge in [0.25, 0.3) is 0 Å². The van der Waals surface area contributed by atoms with Gasteiger partial charge in [-0.1, -0.05) is 152 Å². The Morgan fingerprint density at radius 2 is 0.725 bits per heavy atom. The van der Waals surface area contributed by atoms with Crippen LogP contribution in [0.2, 0.25) is 0 Å². The fourth-order valence-electron chi connectivity index (χ4n) is 7.94. The minimum absolute atomic E-state index is 1.12. The molecule has 0 amide bonds. The van der Waals surface area contributed by atoms with Gasteiger partial charge in [0.05, 0.1) is 0 Å². The van der Waals surface area contributed by atoms with Crippen molar-refractivity contribution in [2.45, 2.75) is 0 Å². The molecular formula is C50H33N. The molecule has 0 heterocycles. The molecule has 0 fully saturated rings. The quantitative estimate of drug-likeness (QED) is 0.168. The molecule has 0 bridgehead atoms. The van der Waals surface area contributed by atoms with Gasteiger partial charge in [-0.05, 0) is 125 Å². The summed E-state index contributed by atoms with van der Waals surface area (Å²) in [5.41, 5.74) is 8.21. The molecule has 51 heavy (non-hydrogen) atoms. The first-order valence-electron chi connectivity index (χ1n) is 17.6. The predicted octanol–water partition coefficient (Wildman–Crippen LogP) is 14.3. The number of anilines is 3. The van der Waals surface area contributed by atoms with Crippen molar-refractivity contribution < 1.29 is 0 Å². The second-order valence-corrected chi connectivity index (χ2v) is 13.3. The molecule has 0 unspecified atom stereocenters. The fraction of sp³-hybridized carbons (Fsp3) is 0. The van der Waals surface area contributed by atoms with Crippen LogP contribution in [0.4, 0.5) is 17.1 Å². The van der Waals surface area contributed by atoms with E-state index in [0.717, 1.165) is 17.1 Å². The predicted molar refractivity (Wildman–Crippen MR) is 220 cm³/mol. The van der Waals surface area contributed by atoms with E-state index in [9.17, 15) is 0 Å². The number of fused-ring (bicyclic) bond motifs is 8. The molecule has 0 N–H and O–H groups in total. The second-order valence-electron chi connectivity index (χ2n) is 13.3. The van der Waals surface area contributed by atoms with Crippen LogP contribution in [-0.4, -0.2) is 0 Å². The van der Waals surface area contributed by atoms with Gasteiger partial charge in [0.15, 0.2) is 0 Å². The lowest BCUT2D eigenvalue weighted by Crippen LogP contribution is -2.09. The number of benzene rings is 10. The van der Waals surface area contributed by atoms with Crippen LogP contribution in [0.1, 0.15) is 0 Å². The number of hydrogen-bond donors (Lipinski definition) is 0. The number of para-hydroxylation sites is 1. The fourth-order valence-corrected chi connectivity index (χ4v) is 7.94. The Morgan fingerprint density at radius 3 is 1.51 bits per heavy atom. The van der Waals surface area contributed by atoms with Gasteiger partial charge in [0.1, 0.15) is 0 Å². The Hall–Kier alpha value is -6.70. The van der Waals surface area contributed by atoms with Crippen LogP contribution in [0.15, 0.2) is 200 Å². The van der Waals surface area contributed by atoms with Gasteiger partial charge < -0.3 is 4.90 Å². The molecule has 0 spiro atoms. The van der Waals surface area contributed by atoms with Crippen LogP contribution >= 0.6 is 0 Å². The normalized spacial score (nSPS) is 11.5. The molecule has 0 radical (unpaired) electrons. The minimum Gasteiger partial charge on any atom is -0.310 e. The summed E-state index contributed by atoms with van der Waals surface area (Å²) in [5.74, 6) is 0. The lowest BCUT2D eigenvalue weighted by Gasteiger charge is -2.26. The molecule has 1 heteroatoms. The molecule has 10 rings (SSSR count). The van der Waals surface area contributed by atoms with Gasteiger partial charge in [-0.25, -0.2) is 0 Å². The summed E-state index contributed by atoms with van der Waals surface area (Å²) < 4.78 is 0. The van der Waals surface area contributed by atoms with Gasteiger partial charge in [-0.2, -0.15) is 0 Å². The molecule has 238 valence electrons. The van der Waals surface area contributed by atoms with Crippen molar-refractivity contribution in [3.05, 3.63) is 200 Å². The highest BCUT2D eigenvalue weighted by atomic mass is 15.1. The van der Waals surface area contributed by atoms with Crippen molar-refractivity contribution in [3.63, 3.8) is 0 Å². The van der Waals surface area contributed by atoms with Crippen LogP contribution in [0.25, 0.3) is 76.1 Å². The Labute approximate surface area is 297 Å². The van der Waals surface area contributed by atoms with E-state index in [-0.39, 0.29) is 0 Å². The number of rotatable bonds is 5. The molecule has 0 saturated heterocycles. The molecule has 10 aromatic carbocycles. The highest BCUT2D eigenvalue weighted by molar-refractivity contribution is 6.18. The smallest absolute Gasteiger partial charge is 0.0467 e. The Morgan fingerprint density at radius 1 is 0.235 bits per heavy atom. The summed E-state index contributed by atoms with van der Waals surface area (Å²) in [6.45, 7) is 0. The van der Waals surface area contributed by atoms with E-state index in [2.05, 4.69) is 205 Å². The van der Waals surface area contributed by atoms with E-state index >= 15 is 0 Å². The molecular weight excluding hydrogens is 615 g/mol. The zero-order valence-corrected chi connectivity index (χ0v) is 28.0. The second kappa shape index (κ2) is 12.0. The average molecular weight is 648 g/mol. The minimum atomic E-state index is 1.12. The summed E-state index contributed by atoms with van der Waals surface area (Å²) in [7, 11) is 0. The highest BCUT2D eigenvalue weighted by Crippen LogP contribution is 2.40. The third-order valence-corrected chi connectivity index (χ3v) is 10.4. The summed E-state index contributed by atoms with van der Waals surface area (Å²) in [6.07, 6.45) is 0. The maximum atomic E-state index is 2.35. The molecule has 0 saturated carbocycles. The Bertz CT molecular complexity index is 2900. The monoisotopic (exact) mass is 647 g/mol. The van der Waals surface area contributed by atoms with E-state index < -0.39 is 0 Å². The van der Waals surface area contributed by atoms with Crippen molar-refractivity contribution in [2.24, 2.45) is 0 Å². The topological polar surface area (TPSA) is 3.24 Å². The van der Waals surface area contributed by atoms with E-state index in [1.807, 2.05) is 0 Å². The number of hydrogen-bond acceptors (Lipinski definition) is 1. The van der Waals surface area contributed by atoms with Gasteiger partial charge in [0, 0.05) is 17.1 Å². The Balaban J connectivity index is 1.05. The van der Waals surface area contributed by atoms with Crippen LogP contribution in [0, 0.1) is 0 Å². The van der Waals surface area contributed by atoms with Crippen LogP contribution in [0.5, 0.6) is 0 Å². The molecule has 0 aromatic heterocycles. The third-order valence-electron chi connectivity index (χ3n) is 10.4. The van der Waals surface area contributed by atoms with Gasteiger partial charge in [-0.15, -0.1) is 0 Å². The summed E-state index contributed by atoms with van der Waals surface area (Å²) in [6, 6.07) is 73.0. The average Bonchev–Trinajstić information content (AvgIpc) is 3.21. The van der Waals surface area contributed by atoms with Gasteiger partial charge in [-0.3, -0.25) is 0 Å². The lowest BCUT2D eigenvalue weighted by atomic mass is 9.93. The zero-order valence-electron chi connectivity index (χ0n) is 28.0. The van der Waals surface area contributed by atoms with E-state index in [0.29, 0.717) is 0 Å². The maximum absolute atomic E-state index is 2.35. The highest BCUT2D eigenvalue weighted by Gasteiger charge is 2.15. The first kappa shape index (κ1) is 29.2. The van der Waals surface area contributed by atoms with Crippen molar-refractivity contribution in [1.82, 2.24) is 0 Å². The molecule has 0 atom stereocenters. The third kappa shape index (κ3) is 5.02. The number of nitrogens with zero attached hydrogens (tertiary/aromatic N) is 1. The SMILES string of the molecule is c1ccc(N(c2ccc(-c3cc4ccccc4c4ccccc34)cc2)c2cccc(-c3ccc4c(ccc5c6ccccc6ccc45)c3)c2)cc1. The molecule has 0 aliphatic heterocycles. The first-order chi connectivity index (χ1) is 25.3. The maximum Gasteiger partial charge on any atom is 0.0467 e. The first-order valence-corrected chi connectivity index (χ1v) is 17.6. The summed E-state index contributed by atoms with van der Waals surface area (Å²) >= 11 is 0. The summed E-state index contributed by atoms with van der Waals surface area (Å²) in [5, 5.41) is 12.8. The van der Waals surface area contributed by atoms with Crippen molar-refractivity contribution >= 4 is 70.9 Å². The molecule has 1 nitrogen and oxygen atoms in total. The van der Waals surface area contributed by atoms with E-state index in [1.54, 1.807) is 0 Å². The van der Waals surface area contributed by atoms with Crippen molar-refractivity contribution in [2.75, 3.05) is 4.90 Å². The van der Waals surface area contributed by atoms with Crippen LogP contribution in [0.3, 0.4) is 0 Å². The lowest BCUT2D eigenvalue weighted by molar-refractivity contribution is 1.28.